The zero-order valence-electron chi connectivity index (χ0n) is 15.1. The topological polar surface area (TPSA) is 49.8 Å². The van der Waals surface area contributed by atoms with Crippen LogP contribution in [0.25, 0.3) is 16.9 Å². The third-order valence-electron chi connectivity index (χ3n) is 4.49. The Morgan fingerprint density at radius 2 is 1.66 bits per heavy atom. The SMILES string of the molecule is O=c1[nH]c(NCc2ccc(F)cc2)c(-c2ccccc2)n1-c1ccc(Cl)c(Cl)c1. The molecule has 0 saturated heterocycles. The first kappa shape index (κ1) is 19.3. The minimum Gasteiger partial charge on any atom is -0.366 e. The number of nitrogens with one attached hydrogen (secondary N) is 2. The van der Waals surface area contributed by atoms with E-state index in [1.807, 2.05) is 30.3 Å². The molecule has 0 aliphatic carbocycles. The van der Waals surface area contributed by atoms with E-state index in [0.29, 0.717) is 33.8 Å². The second kappa shape index (κ2) is 8.15. The Hall–Kier alpha value is -3.02. The molecular weight excluding hydrogens is 412 g/mol. The molecule has 2 N–H and O–H groups in total. The molecule has 4 rings (SSSR count). The van der Waals surface area contributed by atoms with Crippen LogP contribution in [0.3, 0.4) is 0 Å². The Morgan fingerprint density at radius 3 is 2.34 bits per heavy atom. The Balaban J connectivity index is 1.80. The van der Waals surface area contributed by atoms with Crippen LogP contribution in [-0.2, 0) is 6.54 Å². The van der Waals surface area contributed by atoms with Crippen molar-refractivity contribution in [1.29, 1.82) is 0 Å². The van der Waals surface area contributed by atoms with Gasteiger partial charge in [-0.2, -0.15) is 0 Å². The van der Waals surface area contributed by atoms with Gasteiger partial charge >= 0.3 is 5.69 Å². The summed E-state index contributed by atoms with van der Waals surface area (Å²) in [7, 11) is 0. The Morgan fingerprint density at radius 1 is 0.931 bits per heavy atom. The van der Waals surface area contributed by atoms with E-state index in [-0.39, 0.29) is 11.5 Å². The lowest BCUT2D eigenvalue weighted by Crippen LogP contribution is -2.15. The number of halogens is 3. The molecule has 0 aliphatic heterocycles. The summed E-state index contributed by atoms with van der Waals surface area (Å²) < 4.78 is 14.7. The van der Waals surface area contributed by atoms with Gasteiger partial charge in [-0.15, -0.1) is 0 Å². The van der Waals surface area contributed by atoms with E-state index in [1.165, 1.54) is 12.1 Å². The lowest BCUT2D eigenvalue weighted by Gasteiger charge is -2.12. The van der Waals surface area contributed by atoms with Crippen LogP contribution in [0.5, 0.6) is 0 Å². The highest BCUT2D eigenvalue weighted by Crippen LogP contribution is 2.31. The third-order valence-corrected chi connectivity index (χ3v) is 5.23. The van der Waals surface area contributed by atoms with Crippen LogP contribution >= 0.6 is 23.2 Å². The van der Waals surface area contributed by atoms with Crippen LogP contribution in [0, 0.1) is 5.82 Å². The molecule has 4 nitrogen and oxygen atoms in total. The molecule has 3 aromatic carbocycles. The fraction of sp³-hybridized carbons (Fsp3) is 0.0455. The summed E-state index contributed by atoms with van der Waals surface area (Å²) in [4.78, 5) is 15.7. The van der Waals surface area contributed by atoms with E-state index in [1.54, 1.807) is 34.9 Å². The molecule has 0 amide bonds. The standard InChI is InChI=1S/C22H16Cl2FN3O/c23-18-11-10-17(12-19(18)24)28-20(15-4-2-1-3-5-15)21(27-22(28)29)26-13-14-6-8-16(25)9-7-14/h1-12,26H,13H2,(H,27,29). The molecule has 0 fully saturated rings. The van der Waals surface area contributed by atoms with E-state index >= 15 is 0 Å². The predicted octanol–water partition coefficient (Wildman–Crippen LogP) is 5.89. The summed E-state index contributed by atoms with van der Waals surface area (Å²) in [5, 5.41) is 4.02. The summed E-state index contributed by atoms with van der Waals surface area (Å²) in [6, 6.07) is 20.8. The Labute approximate surface area is 176 Å². The van der Waals surface area contributed by atoms with Crippen LogP contribution in [0.1, 0.15) is 5.56 Å². The van der Waals surface area contributed by atoms with Gasteiger partial charge in [0.05, 0.1) is 21.4 Å². The van der Waals surface area contributed by atoms with Crippen molar-refractivity contribution in [2.75, 3.05) is 5.32 Å². The summed E-state index contributed by atoms with van der Waals surface area (Å²) >= 11 is 12.2. The van der Waals surface area contributed by atoms with E-state index in [2.05, 4.69) is 10.3 Å². The van der Waals surface area contributed by atoms with Crippen LogP contribution < -0.4 is 11.0 Å². The number of imidazole rings is 1. The number of aromatic amines is 1. The molecule has 1 aromatic heterocycles. The number of benzene rings is 3. The number of hydrogen-bond donors (Lipinski definition) is 2. The Kier molecular flexibility index (Phi) is 5.43. The fourth-order valence-electron chi connectivity index (χ4n) is 3.10. The van der Waals surface area contributed by atoms with Crippen LogP contribution in [0.15, 0.2) is 77.6 Å². The molecule has 0 saturated carbocycles. The fourth-order valence-corrected chi connectivity index (χ4v) is 3.39. The lowest BCUT2D eigenvalue weighted by atomic mass is 10.1. The summed E-state index contributed by atoms with van der Waals surface area (Å²) in [5.74, 6) is 0.259. The van der Waals surface area contributed by atoms with Crippen molar-refractivity contribution in [1.82, 2.24) is 9.55 Å². The van der Waals surface area contributed by atoms with Gasteiger partial charge < -0.3 is 5.32 Å². The van der Waals surface area contributed by atoms with Crippen molar-refractivity contribution < 1.29 is 4.39 Å². The molecule has 146 valence electrons. The monoisotopic (exact) mass is 427 g/mol. The molecule has 7 heteroatoms. The number of nitrogens with zero attached hydrogens (tertiary/aromatic N) is 1. The molecule has 0 unspecified atom stereocenters. The van der Waals surface area contributed by atoms with Gasteiger partial charge in [-0.25, -0.2) is 9.18 Å². The normalized spacial score (nSPS) is 10.9. The highest BCUT2D eigenvalue weighted by molar-refractivity contribution is 6.42. The highest BCUT2D eigenvalue weighted by Gasteiger charge is 2.18. The second-order valence-corrected chi connectivity index (χ2v) is 7.25. The van der Waals surface area contributed by atoms with E-state index < -0.39 is 0 Å². The van der Waals surface area contributed by atoms with Gasteiger partial charge in [-0.05, 0) is 35.9 Å². The maximum atomic E-state index is 13.1. The maximum Gasteiger partial charge on any atom is 0.332 e. The molecular formula is C22H16Cl2FN3O. The van der Waals surface area contributed by atoms with Crippen molar-refractivity contribution in [3.63, 3.8) is 0 Å². The van der Waals surface area contributed by atoms with Crippen molar-refractivity contribution in [2.45, 2.75) is 6.54 Å². The molecule has 0 spiro atoms. The number of aromatic nitrogens is 2. The van der Waals surface area contributed by atoms with Gasteiger partial charge in [0.15, 0.2) is 0 Å². The molecule has 4 aromatic rings. The molecule has 0 atom stereocenters. The maximum absolute atomic E-state index is 13.1. The zero-order chi connectivity index (χ0) is 20.4. The van der Waals surface area contributed by atoms with Crippen molar-refractivity contribution in [3.8, 4) is 16.9 Å². The minimum absolute atomic E-state index is 0.294. The van der Waals surface area contributed by atoms with E-state index in [0.717, 1.165) is 11.1 Å². The quantitative estimate of drug-likeness (QED) is 0.417. The molecule has 0 aliphatic rings. The van der Waals surface area contributed by atoms with E-state index in [9.17, 15) is 9.18 Å². The van der Waals surface area contributed by atoms with Gasteiger partial charge in [0.25, 0.3) is 0 Å². The average Bonchev–Trinajstić information content (AvgIpc) is 3.06. The molecule has 0 radical (unpaired) electrons. The van der Waals surface area contributed by atoms with Crippen molar-refractivity contribution >= 4 is 29.0 Å². The third kappa shape index (κ3) is 4.06. The molecule has 0 bridgehead atoms. The van der Waals surface area contributed by atoms with Gasteiger partial charge in [-0.1, -0.05) is 65.7 Å². The van der Waals surface area contributed by atoms with Crippen molar-refractivity contribution in [2.24, 2.45) is 0 Å². The smallest absolute Gasteiger partial charge is 0.332 e. The van der Waals surface area contributed by atoms with Crippen LogP contribution in [0.2, 0.25) is 10.0 Å². The number of anilines is 1. The summed E-state index contributed by atoms with van der Waals surface area (Å²) in [6.45, 7) is 0.418. The van der Waals surface area contributed by atoms with Gasteiger partial charge in [-0.3, -0.25) is 9.55 Å². The van der Waals surface area contributed by atoms with Gasteiger partial charge in [0, 0.05) is 12.1 Å². The number of rotatable bonds is 5. The predicted molar refractivity (Wildman–Crippen MR) is 116 cm³/mol. The first-order chi connectivity index (χ1) is 14.0. The highest BCUT2D eigenvalue weighted by atomic mass is 35.5. The van der Waals surface area contributed by atoms with E-state index in [4.69, 9.17) is 23.2 Å². The lowest BCUT2D eigenvalue weighted by molar-refractivity contribution is 0.627. The molecule has 1 heterocycles. The summed E-state index contributed by atoms with van der Waals surface area (Å²) in [6.07, 6.45) is 0. The van der Waals surface area contributed by atoms with Crippen LogP contribution in [0.4, 0.5) is 10.2 Å². The number of H-pyrrole nitrogens is 1. The first-order valence-corrected chi connectivity index (χ1v) is 9.63. The second-order valence-electron chi connectivity index (χ2n) is 6.43. The first-order valence-electron chi connectivity index (χ1n) is 8.87. The number of hydrogen-bond acceptors (Lipinski definition) is 2. The van der Waals surface area contributed by atoms with Crippen molar-refractivity contribution in [3.05, 3.63) is 105 Å². The molecule has 29 heavy (non-hydrogen) atoms. The average molecular weight is 428 g/mol. The zero-order valence-corrected chi connectivity index (χ0v) is 16.6. The largest absolute Gasteiger partial charge is 0.366 e. The summed E-state index contributed by atoms with van der Waals surface area (Å²) in [5.41, 5.74) is 2.67. The van der Waals surface area contributed by atoms with Crippen LogP contribution in [-0.4, -0.2) is 9.55 Å². The van der Waals surface area contributed by atoms with Gasteiger partial charge in [0.2, 0.25) is 0 Å². The van der Waals surface area contributed by atoms with Gasteiger partial charge in [0.1, 0.15) is 11.6 Å². The minimum atomic E-state index is -0.316. The Bertz CT molecular complexity index is 1200.